The van der Waals surface area contributed by atoms with Gasteiger partial charge in [0.1, 0.15) is 0 Å². The summed E-state index contributed by atoms with van der Waals surface area (Å²) in [6, 6.07) is 11.8. The van der Waals surface area contributed by atoms with Crippen molar-refractivity contribution in [1.82, 2.24) is 10.2 Å². The zero-order valence-corrected chi connectivity index (χ0v) is 12.3. The van der Waals surface area contributed by atoms with Gasteiger partial charge in [0.05, 0.1) is 0 Å². The average Bonchev–Trinajstić information content (AvgIpc) is 2.43. The molecule has 0 radical (unpaired) electrons. The maximum absolute atomic E-state index is 3.71. The maximum Gasteiger partial charge on any atom is 0.0477 e. The molecule has 0 spiro atoms. The molecule has 0 heterocycles. The van der Waals surface area contributed by atoms with Crippen LogP contribution in [0, 0.1) is 0 Å². The molecule has 0 saturated carbocycles. The number of nitrogens with zero attached hydrogens (tertiary/aromatic N) is 1. The van der Waals surface area contributed by atoms with E-state index in [0.717, 1.165) is 13.1 Å². The summed E-state index contributed by atoms with van der Waals surface area (Å²) in [5.74, 6) is 0. The van der Waals surface area contributed by atoms with Crippen molar-refractivity contribution in [3.05, 3.63) is 35.9 Å². The Labute approximate surface area is 112 Å². The summed E-state index contributed by atoms with van der Waals surface area (Å²) in [5, 5.41) is 3.71. The van der Waals surface area contributed by atoms with E-state index < -0.39 is 0 Å². The molecule has 2 nitrogen and oxygen atoms in total. The quantitative estimate of drug-likeness (QED) is 0.758. The Balaban J connectivity index is 2.89. The van der Waals surface area contributed by atoms with Crippen LogP contribution in [0.1, 0.15) is 45.2 Å². The van der Waals surface area contributed by atoms with Gasteiger partial charge in [0.15, 0.2) is 0 Å². The van der Waals surface area contributed by atoms with Gasteiger partial charge in [-0.15, -0.1) is 0 Å². The van der Waals surface area contributed by atoms with Crippen molar-refractivity contribution in [1.29, 1.82) is 0 Å². The van der Waals surface area contributed by atoms with Crippen LogP contribution in [-0.4, -0.2) is 31.1 Å². The molecule has 1 aromatic carbocycles. The summed E-state index contributed by atoms with van der Waals surface area (Å²) in [4.78, 5) is 2.44. The summed E-state index contributed by atoms with van der Waals surface area (Å²) in [6.07, 6.45) is 2.34. The van der Waals surface area contributed by atoms with Gasteiger partial charge in [0, 0.05) is 12.1 Å². The molecule has 0 bridgehead atoms. The van der Waals surface area contributed by atoms with Crippen LogP contribution in [0.2, 0.25) is 0 Å². The van der Waals surface area contributed by atoms with E-state index in [9.17, 15) is 0 Å². The topological polar surface area (TPSA) is 15.3 Å². The van der Waals surface area contributed by atoms with Crippen molar-refractivity contribution >= 4 is 0 Å². The lowest BCUT2D eigenvalue weighted by Crippen LogP contribution is -2.42. The Hall–Kier alpha value is -0.860. The zero-order valence-electron chi connectivity index (χ0n) is 12.3. The molecule has 2 atom stereocenters. The van der Waals surface area contributed by atoms with E-state index in [-0.39, 0.29) is 0 Å². The fourth-order valence-corrected chi connectivity index (χ4v) is 2.47. The highest BCUT2D eigenvalue weighted by Crippen LogP contribution is 2.22. The summed E-state index contributed by atoms with van der Waals surface area (Å²) >= 11 is 0. The van der Waals surface area contributed by atoms with Gasteiger partial charge in [-0.05, 0) is 38.5 Å². The molecule has 0 aliphatic rings. The molecule has 18 heavy (non-hydrogen) atoms. The summed E-state index contributed by atoms with van der Waals surface area (Å²) < 4.78 is 0. The van der Waals surface area contributed by atoms with Crippen LogP contribution in [0.4, 0.5) is 0 Å². The third-order valence-electron chi connectivity index (χ3n) is 3.64. The Morgan fingerprint density at radius 1 is 1.11 bits per heavy atom. The van der Waals surface area contributed by atoms with Gasteiger partial charge >= 0.3 is 0 Å². The molecule has 0 aliphatic carbocycles. The fourth-order valence-electron chi connectivity index (χ4n) is 2.47. The van der Waals surface area contributed by atoms with E-state index in [2.05, 4.69) is 68.4 Å². The molecule has 0 saturated heterocycles. The van der Waals surface area contributed by atoms with Crippen molar-refractivity contribution in [2.75, 3.05) is 20.1 Å². The smallest absolute Gasteiger partial charge is 0.0477 e. The average molecular weight is 248 g/mol. The Kier molecular flexibility index (Phi) is 6.99. The molecule has 0 aliphatic heterocycles. The molecule has 2 unspecified atom stereocenters. The lowest BCUT2D eigenvalue weighted by atomic mass is 9.96. The summed E-state index contributed by atoms with van der Waals surface area (Å²) in [7, 11) is 2.22. The Morgan fingerprint density at radius 3 is 2.28 bits per heavy atom. The van der Waals surface area contributed by atoms with E-state index in [1.165, 1.54) is 18.4 Å². The van der Waals surface area contributed by atoms with E-state index in [1.54, 1.807) is 0 Å². The van der Waals surface area contributed by atoms with Crippen LogP contribution >= 0.6 is 0 Å². The van der Waals surface area contributed by atoms with Crippen molar-refractivity contribution in [2.24, 2.45) is 0 Å². The van der Waals surface area contributed by atoms with Gasteiger partial charge in [0.25, 0.3) is 0 Å². The third-order valence-corrected chi connectivity index (χ3v) is 3.64. The molecular weight excluding hydrogens is 220 g/mol. The van der Waals surface area contributed by atoms with Crippen LogP contribution in [0.25, 0.3) is 0 Å². The van der Waals surface area contributed by atoms with Crippen molar-refractivity contribution < 1.29 is 0 Å². The fraction of sp³-hybridized carbons (Fsp3) is 0.625. The van der Waals surface area contributed by atoms with Crippen LogP contribution in [0.5, 0.6) is 0 Å². The standard InChI is InChI=1S/C16H28N2/c1-5-13-17-16(14-11-9-8-10-12-14)15(6-2)18(4)7-3/h8-12,15-17H,5-7,13H2,1-4H3. The predicted octanol–water partition coefficient (Wildman–Crippen LogP) is 3.46. The highest BCUT2D eigenvalue weighted by molar-refractivity contribution is 5.20. The van der Waals surface area contributed by atoms with E-state index in [0.29, 0.717) is 12.1 Å². The third kappa shape index (κ3) is 4.11. The largest absolute Gasteiger partial charge is 0.309 e. The first-order valence-electron chi connectivity index (χ1n) is 7.23. The highest BCUT2D eigenvalue weighted by Gasteiger charge is 2.23. The molecule has 1 rings (SSSR count). The van der Waals surface area contributed by atoms with Crippen molar-refractivity contribution in [2.45, 2.75) is 45.7 Å². The van der Waals surface area contributed by atoms with Gasteiger partial charge in [-0.3, -0.25) is 0 Å². The van der Waals surface area contributed by atoms with E-state index >= 15 is 0 Å². The summed E-state index contributed by atoms with van der Waals surface area (Å²) in [6.45, 7) is 8.90. The number of benzene rings is 1. The van der Waals surface area contributed by atoms with Crippen LogP contribution in [-0.2, 0) is 0 Å². The van der Waals surface area contributed by atoms with Gasteiger partial charge < -0.3 is 10.2 Å². The minimum absolute atomic E-state index is 0.432. The number of hydrogen-bond acceptors (Lipinski definition) is 2. The predicted molar refractivity (Wildman–Crippen MR) is 79.9 cm³/mol. The molecule has 0 amide bonds. The zero-order chi connectivity index (χ0) is 13.4. The molecule has 0 fully saturated rings. The number of nitrogens with one attached hydrogen (secondary N) is 1. The monoisotopic (exact) mass is 248 g/mol. The normalized spacial score (nSPS) is 14.7. The van der Waals surface area contributed by atoms with Crippen molar-refractivity contribution in [3.63, 3.8) is 0 Å². The SMILES string of the molecule is CCCNC(c1ccccc1)C(CC)N(C)CC. The summed E-state index contributed by atoms with van der Waals surface area (Å²) in [5.41, 5.74) is 1.40. The lowest BCUT2D eigenvalue weighted by molar-refractivity contribution is 0.194. The van der Waals surface area contributed by atoms with Gasteiger partial charge in [-0.25, -0.2) is 0 Å². The molecule has 102 valence electrons. The number of hydrogen-bond donors (Lipinski definition) is 1. The minimum atomic E-state index is 0.432. The van der Waals surface area contributed by atoms with Gasteiger partial charge in [-0.2, -0.15) is 0 Å². The molecular formula is C16H28N2. The highest BCUT2D eigenvalue weighted by atomic mass is 15.2. The Morgan fingerprint density at radius 2 is 1.78 bits per heavy atom. The second-order valence-corrected chi connectivity index (χ2v) is 4.89. The van der Waals surface area contributed by atoms with Gasteiger partial charge in [-0.1, -0.05) is 51.1 Å². The number of rotatable bonds is 8. The van der Waals surface area contributed by atoms with Crippen LogP contribution in [0.15, 0.2) is 30.3 Å². The van der Waals surface area contributed by atoms with Crippen LogP contribution < -0.4 is 5.32 Å². The van der Waals surface area contributed by atoms with E-state index in [4.69, 9.17) is 0 Å². The first kappa shape index (κ1) is 15.2. The second-order valence-electron chi connectivity index (χ2n) is 4.89. The number of likely N-dealkylation sites (N-methyl/N-ethyl adjacent to an activating group) is 1. The molecule has 2 heteroatoms. The molecule has 0 aromatic heterocycles. The second kappa shape index (κ2) is 8.28. The first-order chi connectivity index (χ1) is 8.74. The van der Waals surface area contributed by atoms with Crippen LogP contribution in [0.3, 0.4) is 0 Å². The van der Waals surface area contributed by atoms with E-state index in [1.807, 2.05) is 0 Å². The van der Waals surface area contributed by atoms with Crippen molar-refractivity contribution in [3.8, 4) is 0 Å². The molecule has 1 aromatic rings. The minimum Gasteiger partial charge on any atom is -0.309 e. The van der Waals surface area contributed by atoms with Gasteiger partial charge in [0.2, 0.25) is 0 Å². The maximum atomic E-state index is 3.71. The molecule has 1 N–H and O–H groups in total. The first-order valence-corrected chi connectivity index (χ1v) is 7.23. The lowest BCUT2D eigenvalue weighted by Gasteiger charge is -2.34. The Bertz CT molecular complexity index is 310.